The minimum Gasteiger partial charge on any atom is -0.360 e. The van der Waals surface area contributed by atoms with Gasteiger partial charge in [0.25, 0.3) is 0 Å². The van der Waals surface area contributed by atoms with Crippen molar-refractivity contribution in [1.82, 2.24) is 19.7 Å². The number of nitrogens with one attached hydrogen (secondary N) is 1. The van der Waals surface area contributed by atoms with Gasteiger partial charge in [0.15, 0.2) is 16.8 Å². The molecule has 1 unspecified atom stereocenters. The van der Waals surface area contributed by atoms with Crippen LogP contribution in [0.15, 0.2) is 66.0 Å². The summed E-state index contributed by atoms with van der Waals surface area (Å²) in [5.41, 5.74) is 2.71. The standard InChI is InChI=1S/C21H20N4OS/c1-3-25-20(15-9-5-4-6-10-15)23-24-21(25)27-14(2)19(26)17-13-22-18-12-8-7-11-16(17)18/h4-14,22H,3H2,1-2H3. The maximum absolute atomic E-state index is 13.0. The molecule has 0 bridgehead atoms. The van der Waals surface area contributed by atoms with Crippen molar-refractivity contribution in [3.8, 4) is 11.4 Å². The van der Waals surface area contributed by atoms with Crippen LogP contribution in [0.1, 0.15) is 24.2 Å². The second kappa shape index (κ2) is 7.40. The number of para-hydroxylation sites is 1. The van der Waals surface area contributed by atoms with Crippen molar-refractivity contribution in [2.75, 3.05) is 0 Å². The van der Waals surface area contributed by atoms with Gasteiger partial charge < -0.3 is 9.55 Å². The Morgan fingerprint density at radius 2 is 1.85 bits per heavy atom. The predicted molar refractivity (Wildman–Crippen MR) is 109 cm³/mol. The molecule has 0 saturated heterocycles. The molecule has 136 valence electrons. The summed E-state index contributed by atoms with van der Waals surface area (Å²) in [6.45, 7) is 4.73. The third kappa shape index (κ3) is 3.28. The van der Waals surface area contributed by atoms with Crippen LogP contribution < -0.4 is 0 Å². The normalized spacial score (nSPS) is 12.4. The molecule has 27 heavy (non-hydrogen) atoms. The summed E-state index contributed by atoms with van der Waals surface area (Å²) in [6.07, 6.45) is 1.80. The van der Waals surface area contributed by atoms with E-state index in [0.717, 1.165) is 39.6 Å². The molecule has 2 aromatic heterocycles. The Labute approximate surface area is 161 Å². The van der Waals surface area contributed by atoms with Crippen molar-refractivity contribution in [3.05, 3.63) is 66.4 Å². The molecule has 5 nitrogen and oxygen atoms in total. The molecule has 1 N–H and O–H groups in total. The van der Waals surface area contributed by atoms with E-state index in [1.807, 2.05) is 61.5 Å². The fourth-order valence-electron chi connectivity index (χ4n) is 3.17. The number of H-pyrrole nitrogens is 1. The van der Waals surface area contributed by atoms with Gasteiger partial charge in [-0.15, -0.1) is 10.2 Å². The first kappa shape index (κ1) is 17.5. The van der Waals surface area contributed by atoms with Crippen molar-refractivity contribution in [2.45, 2.75) is 30.8 Å². The van der Waals surface area contributed by atoms with Crippen LogP contribution in [0.5, 0.6) is 0 Å². The summed E-state index contributed by atoms with van der Waals surface area (Å²) >= 11 is 1.45. The molecule has 4 aromatic rings. The van der Waals surface area contributed by atoms with E-state index in [1.54, 1.807) is 6.20 Å². The molecule has 1 atom stereocenters. The first-order chi connectivity index (χ1) is 13.2. The van der Waals surface area contributed by atoms with E-state index in [2.05, 4.69) is 26.7 Å². The molecule has 0 aliphatic heterocycles. The molecule has 2 aromatic carbocycles. The van der Waals surface area contributed by atoms with Crippen LogP contribution in [0.3, 0.4) is 0 Å². The second-order valence-electron chi connectivity index (χ2n) is 6.29. The van der Waals surface area contributed by atoms with Crippen molar-refractivity contribution in [2.24, 2.45) is 0 Å². The Balaban J connectivity index is 1.60. The van der Waals surface area contributed by atoms with Crippen LogP contribution >= 0.6 is 11.8 Å². The summed E-state index contributed by atoms with van der Waals surface area (Å²) in [5, 5.41) is 10.2. The number of hydrogen-bond acceptors (Lipinski definition) is 4. The zero-order chi connectivity index (χ0) is 18.8. The molecule has 0 aliphatic carbocycles. The van der Waals surface area contributed by atoms with Crippen LogP contribution in [0.2, 0.25) is 0 Å². The van der Waals surface area contributed by atoms with E-state index < -0.39 is 0 Å². The van der Waals surface area contributed by atoms with Gasteiger partial charge in [-0.1, -0.05) is 60.3 Å². The number of fused-ring (bicyclic) bond motifs is 1. The second-order valence-corrected chi connectivity index (χ2v) is 7.60. The number of rotatable bonds is 6. The molecule has 0 saturated carbocycles. The summed E-state index contributed by atoms with van der Waals surface area (Å²) in [4.78, 5) is 16.2. The largest absolute Gasteiger partial charge is 0.360 e. The molecular formula is C21H20N4OS. The van der Waals surface area contributed by atoms with Gasteiger partial charge in [0.1, 0.15) is 0 Å². The van der Waals surface area contributed by atoms with E-state index >= 15 is 0 Å². The van der Waals surface area contributed by atoms with Gasteiger partial charge in [-0.2, -0.15) is 0 Å². The number of benzene rings is 2. The smallest absolute Gasteiger partial charge is 0.192 e. The highest BCUT2D eigenvalue weighted by Crippen LogP contribution is 2.29. The topological polar surface area (TPSA) is 63.6 Å². The first-order valence-corrected chi connectivity index (χ1v) is 9.82. The van der Waals surface area contributed by atoms with Crippen molar-refractivity contribution >= 4 is 28.4 Å². The highest BCUT2D eigenvalue weighted by molar-refractivity contribution is 8.00. The molecule has 4 rings (SSSR count). The number of thioether (sulfide) groups is 1. The summed E-state index contributed by atoms with van der Waals surface area (Å²) < 4.78 is 2.05. The maximum Gasteiger partial charge on any atom is 0.192 e. The maximum atomic E-state index is 13.0. The van der Waals surface area contributed by atoms with E-state index in [4.69, 9.17) is 0 Å². The van der Waals surface area contributed by atoms with Crippen LogP contribution in [0, 0.1) is 0 Å². The Kier molecular flexibility index (Phi) is 4.81. The SMILES string of the molecule is CCn1c(SC(C)C(=O)c2c[nH]c3ccccc23)nnc1-c1ccccc1. The lowest BCUT2D eigenvalue weighted by Gasteiger charge is -2.11. The molecule has 0 spiro atoms. The number of hydrogen-bond donors (Lipinski definition) is 1. The zero-order valence-electron chi connectivity index (χ0n) is 15.2. The average molecular weight is 376 g/mol. The van der Waals surface area contributed by atoms with Crippen LogP contribution in [-0.4, -0.2) is 30.8 Å². The molecule has 0 fully saturated rings. The molecule has 0 aliphatic rings. The van der Waals surface area contributed by atoms with Crippen molar-refractivity contribution in [3.63, 3.8) is 0 Å². The number of Topliss-reactive ketones (excluding diaryl/α,β-unsaturated/α-hetero) is 1. The lowest BCUT2D eigenvalue weighted by Crippen LogP contribution is -2.14. The molecular weight excluding hydrogens is 356 g/mol. The fourth-order valence-corrected chi connectivity index (χ4v) is 4.15. The van der Waals surface area contributed by atoms with Gasteiger partial charge in [0, 0.05) is 34.8 Å². The number of nitrogens with zero attached hydrogens (tertiary/aromatic N) is 3. The molecule has 2 heterocycles. The van der Waals surface area contributed by atoms with E-state index in [0.29, 0.717) is 0 Å². The lowest BCUT2D eigenvalue weighted by atomic mass is 10.1. The summed E-state index contributed by atoms with van der Waals surface area (Å²) in [7, 11) is 0. The lowest BCUT2D eigenvalue weighted by molar-refractivity contribution is 0.0995. The molecule has 6 heteroatoms. The fraction of sp³-hybridized carbons (Fsp3) is 0.190. The number of carbonyl (C=O) groups excluding carboxylic acids is 1. The van der Waals surface area contributed by atoms with Crippen LogP contribution in [0.4, 0.5) is 0 Å². The van der Waals surface area contributed by atoms with Gasteiger partial charge in [-0.3, -0.25) is 4.79 Å². The van der Waals surface area contributed by atoms with Gasteiger partial charge in [0.2, 0.25) is 0 Å². The van der Waals surface area contributed by atoms with E-state index in [9.17, 15) is 4.79 Å². The first-order valence-electron chi connectivity index (χ1n) is 8.94. The number of aromatic amines is 1. The number of carbonyl (C=O) groups is 1. The molecule has 0 radical (unpaired) electrons. The quantitative estimate of drug-likeness (QED) is 0.387. The van der Waals surface area contributed by atoms with Gasteiger partial charge in [-0.05, 0) is 19.9 Å². The number of ketones is 1. The summed E-state index contributed by atoms with van der Waals surface area (Å²) in [6, 6.07) is 17.8. The van der Waals surface area contributed by atoms with E-state index in [-0.39, 0.29) is 11.0 Å². The third-order valence-corrected chi connectivity index (χ3v) is 5.65. The predicted octanol–water partition coefficient (Wildman–Crippen LogP) is 4.81. The monoisotopic (exact) mass is 376 g/mol. The van der Waals surface area contributed by atoms with Crippen molar-refractivity contribution in [1.29, 1.82) is 0 Å². The Hall–Kier alpha value is -2.86. The third-order valence-electron chi connectivity index (χ3n) is 4.57. The Morgan fingerprint density at radius 1 is 1.11 bits per heavy atom. The summed E-state index contributed by atoms with van der Waals surface area (Å²) in [5.74, 6) is 0.914. The molecule has 0 amide bonds. The van der Waals surface area contributed by atoms with Crippen molar-refractivity contribution < 1.29 is 4.79 Å². The number of aromatic nitrogens is 4. The van der Waals surface area contributed by atoms with Gasteiger partial charge >= 0.3 is 0 Å². The minimum absolute atomic E-state index is 0.0874. The van der Waals surface area contributed by atoms with Gasteiger partial charge in [-0.25, -0.2) is 0 Å². The zero-order valence-corrected chi connectivity index (χ0v) is 16.0. The Morgan fingerprint density at radius 3 is 2.63 bits per heavy atom. The average Bonchev–Trinajstić information content (AvgIpc) is 3.32. The minimum atomic E-state index is -0.262. The Bertz CT molecular complexity index is 1080. The van der Waals surface area contributed by atoms with Crippen LogP contribution in [0.25, 0.3) is 22.3 Å². The highest BCUT2D eigenvalue weighted by Gasteiger charge is 2.23. The van der Waals surface area contributed by atoms with Crippen LogP contribution in [-0.2, 0) is 6.54 Å². The van der Waals surface area contributed by atoms with E-state index in [1.165, 1.54) is 11.8 Å². The highest BCUT2D eigenvalue weighted by atomic mass is 32.2. The van der Waals surface area contributed by atoms with Gasteiger partial charge in [0.05, 0.1) is 5.25 Å².